The van der Waals surface area contributed by atoms with E-state index in [-0.39, 0.29) is 0 Å². The van der Waals surface area contributed by atoms with Gasteiger partial charge in [-0.2, -0.15) is 0 Å². The molecule has 12 rings (SSSR count). The summed E-state index contributed by atoms with van der Waals surface area (Å²) in [6.07, 6.45) is 0. The summed E-state index contributed by atoms with van der Waals surface area (Å²) in [5, 5.41) is 14.9. The van der Waals surface area contributed by atoms with E-state index in [2.05, 4.69) is 182 Å². The maximum absolute atomic E-state index is 6.75. The first-order chi connectivity index (χ1) is 26.8. The first-order valence-corrected chi connectivity index (χ1v) is 19.3. The average Bonchev–Trinajstić information content (AvgIpc) is 3.81. The molecule has 0 aliphatic rings. The Morgan fingerprint density at radius 3 is 1.56 bits per heavy atom. The van der Waals surface area contributed by atoms with Crippen LogP contribution < -0.4 is 0 Å². The zero-order valence-corrected chi connectivity index (χ0v) is 30.0. The van der Waals surface area contributed by atoms with E-state index in [9.17, 15) is 0 Å². The Balaban J connectivity index is 1.24. The highest BCUT2D eigenvalue weighted by atomic mass is 32.1. The Morgan fingerprint density at radius 2 is 0.852 bits per heavy atom. The predicted molar refractivity (Wildman–Crippen MR) is 233 cm³/mol. The Bertz CT molecular complexity index is 3440. The van der Waals surface area contributed by atoms with Gasteiger partial charge in [0, 0.05) is 36.5 Å². The van der Waals surface area contributed by atoms with Crippen LogP contribution in [-0.2, 0) is 0 Å². The number of fused-ring (bicyclic) bond motifs is 12. The van der Waals surface area contributed by atoms with E-state index in [1.807, 2.05) is 11.3 Å². The highest BCUT2D eigenvalue weighted by molar-refractivity contribution is 7.27. The zero-order valence-electron chi connectivity index (χ0n) is 29.1. The summed E-state index contributed by atoms with van der Waals surface area (Å²) in [6.45, 7) is 0. The molecular formula is C52H30OS. The van der Waals surface area contributed by atoms with Crippen molar-refractivity contribution in [1.29, 1.82) is 0 Å². The number of furan rings is 1. The van der Waals surface area contributed by atoms with Crippen LogP contribution in [0, 0.1) is 0 Å². The van der Waals surface area contributed by atoms with Gasteiger partial charge in [0.2, 0.25) is 0 Å². The number of hydrogen-bond donors (Lipinski definition) is 0. The topological polar surface area (TPSA) is 13.1 Å². The fraction of sp³-hybridized carbons (Fsp3) is 0. The molecular weight excluding hydrogens is 673 g/mol. The zero-order chi connectivity index (χ0) is 35.3. The van der Waals surface area contributed by atoms with Crippen LogP contribution in [0.25, 0.3) is 119 Å². The van der Waals surface area contributed by atoms with Gasteiger partial charge in [0.25, 0.3) is 0 Å². The van der Waals surface area contributed by atoms with Crippen molar-refractivity contribution in [2.75, 3.05) is 0 Å². The van der Waals surface area contributed by atoms with E-state index in [1.165, 1.54) is 102 Å². The molecule has 12 aromatic rings. The van der Waals surface area contributed by atoms with Crippen molar-refractivity contribution in [3.05, 3.63) is 182 Å². The molecule has 10 aromatic carbocycles. The van der Waals surface area contributed by atoms with Gasteiger partial charge in [-0.3, -0.25) is 0 Å². The van der Waals surface area contributed by atoms with Gasteiger partial charge in [0.15, 0.2) is 0 Å². The highest BCUT2D eigenvalue weighted by Gasteiger charge is 2.24. The molecule has 0 saturated heterocycles. The van der Waals surface area contributed by atoms with Crippen molar-refractivity contribution < 1.29 is 4.42 Å². The van der Waals surface area contributed by atoms with Gasteiger partial charge in [-0.05, 0) is 83.0 Å². The monoisotopic (exact) mass is 702 g/mol. The first-order valence-electron chi connectivity index (χ1n) is 18.5. The van der Waals surface area contributed by atoms with Crippen LogP contribution >= 0.6 is 11.3 Å². The molecule has 54 heavy (non-hydrogen) atoms. The van der Waals surface area contributed by atoms with Crippen molar-refractivity contribution in [2.45, 2.75) is 0 Å². The fourth-order valence-corrected chi connectivity index (χ4v) is 10.5. The van der Waals surface area contributed by atoms with Crippen molar-refractivity contribution in [3.63, 3.8) is 0 Å². The molecule has 250 valence electrons. The van der Waals surface area contributed by atoms with Gasteiger partial charge in [-0.15, -0.1) is 11.3 Å². The van der Waals surface area contributed by atoms with Gasteiger partial charge in [0.1, 0.15) is 11.2 Å². The molecule has 0 atom stereocenters. The molecule has 0 amide bonds. The summed E-state index contributed by atoms with van der Waals surface area (Å²) in [7, 11) is 0. The number of benzene rings is 10. The van der Waals surface area contributed by atoms with Crippen molar-refractivity contribution in [2.24, 2.45) is 0 Å². The van der Waals surface area contributed by atoms with Crippen LogP contribution in [0.3, 0.4) is 0 Å². The minimum Gasteiger partial charge on any atom is -0.456 e. The Labute approximate surface area is 314 Å². The lowest BCUT2D eigenvalue weighted by Gasteiger charge is -2.20. The maximum Gasteiger partial charge on any atom is 0.136 e. The van der Waals surface area contributed by atoms with Crippen LogP contribution in [0.2, 0.25) is 0 Å². The molecule has 0 N–H and O–H groups in total. The molecule has 2 aromatic heterocycles. The lowest BCUT2D eigenvalue weighted by Crippen LogP contribution is -1.92. The molecule has 0 unspecified atom stereocenters. The first kappa shape index (κ1) is 29.8. The van der Waals surface area contributed by atoms with E-state index in [0.29, 0.717) is 0 Å². The summed E-state index contributed by atoms with van der Waals surface area (Å²) in [6, 6.07) is 66.5. The molecule has 2 heterocycles. The number of para-hydroxylation sites is 1. The van der Waals surface area contributed by atoms with Crippen molar-refractivity contribution in [1.82, 2.24) is 0 Å². The third kappa shape index (κ3) is 4.14. The summed E-state index contributed by atoms with van der Waals surface area (Å²) in [5.41, 5.74) is 9.29. The van der Waals surface area contributed by atoms with Crippen LogP contribution in [0.15, 0.2) is 186 Å². The number of thiophene rings is 1. The van der Waals surface area contributed by atoms with Gasteiger partial charge in [-0.1, -0.05) is 170 Å². The molecule has 0 bridgehead atoms. The summed E-state index contributed by atoms with van der Waals surface area (Å²) in [5.74, 6) is 0. The lowest BCUT2D eigenvalue weighted by atomic mass is 9.83. The highest BCUT2D eigenvalue weighted by Crippen LogP contribution is 2.52. The molecule has 0 aliphatic heterocycles. The quantitative estimate of drug-likeness (QED) is 0.167. The minimum absolute atomic E-state index is 0.919. The van der Waals surface area contributed by atoms with Crippen LogP contribution in [0.1, 0.15) is 0 Å². The summed E-state index contributed by atoms with van der Waals surface area (Å²) < 4.78 is 9.36. The van der Waals surface area contributed by atoms with Crippen LogP contribution in [0.4, 0.5) is 0 Å². The molecule has 0 spiro atoms. The largest absolute Gasteiger partial charge is 0.456 e. The Morgan fingerprint density at radius 1 is 0.315 bits per heavy atom. The van der Waals surface area contributed by atoms with E-state index in [1.54, 1.807) is 0 Å². The molecule has 0 saturated carbocycles. The Kier molecular flexibility index (Phi) is 6.28. The molecule has 0 radical (unpaired) electrons. The standard InChI is InChI=1S/C52H30OS/c1-2-14-31(15-3-1)33-28-29-41(36-19-7-6-18-35(33)36)47-37-20-8-10-22-39(37)48(40-23-11-9-21-38(40)47)44-30-46-49(42-24-12-13-25-45(42)53-46)50-43-27-26-32-16-4-5-17-34(32)51(43)54-52(44)50/h1-30H. The van der Waals surface area contributed by atoms with Gasteiger partial charge in [0.05, 0.1) is 0 Å². The SMILES string of the molecule is c1ccc(-c2ccc(-c3c4ccccc4c(-c4cc5oc6ccccc6c5c5c4sc4c6ccccc6ccc45)c4ccccc34)c3ccccc23)cc1. The smallest absolute Gasteiger partial charge is 0.136 e. The second-order valence-corrected chi connectivity index (χ2v) is 15.3. The molecule has 2 heteroatoms. The van der Waals surface area contributed by atoms with E-state index in [4.69, 9.17) is 4.42 Å². The normalized spacial score (nSPS) is 12.1. The predicted octanol–water partition coefficient (Wildman–Crippen LogP) is 15.6. The van der Waals surface area contributed by atoms with Gasteiger partial charge >= 0.3 is 0 Å². The van der Waals surface area contributed by atoms with E-state index < -0.39 is 0 Å². The second kappa shape index (κ2) is 11.4. The maximum atomic E-state index is 6.75. The van der Waals surface area contributed by atoms with Crippen LogP contribution in [0.5, 0.6) is 0 Å². The molecule has 1 nitrogen and oxygen atoms in total. The lowest BCUT2D eigenvalue weighted by molar-refractivity contribution is 0.669. The average molecular weight is 703 g/mol. The molecule has 0 fully saturated rings. The van der Waals surface area contributed by atoms with E-state index >= 15 is 0 Å². The van der Waals surface area contributed by atoms with Gasteiger partial charge < -0.3 is 4.42 Å². The number of rotatable bonds is 3. The molecule has 0 aliphatic carbocycles. The number of hydrogen-bond acceptors (Lipinski definition) is 2. The minimum atomic E-state index is 0.919. The van der Waals surface area contributed by atoms with Crippen molar-refractivity contribution >= 4 is 96.5 Å². The third-order valence-corrected chi connectivity index (χ3v) is 12.7. The third-order valence-electron chi connectivity index (χ3n) is 11.5. The Hall–Kier alpha value is -6.74. The summed E-state index contributed by atoms with van der Waals surface area (Å²) >= 11 is 1.92. The van der Waals surface area contributed by atoms with E-state index in [0.717, 1.165) is 16.6 Å². The fourth-order valence-electron chi connectivity index (χ4n) is 9.16. The van der Waals surface area contributed by atoms with Crippen LogP contribution in [-0.4, -0.2) is 0 Å². The van der Waals surface area contributed by atoms with Crippen molar-refractivity contribution in [3.8, 4) is 33.4 Å². The van der Waals surface area contributed by atoms with Gasteiger partial charge in [-0.25, -0.2) is 0 Å². The summed E-state index contributed by atoms with van der Waals surface area (Å²) in [4.78, 5) is 0. The second-order valence-electron chi connectivity index (χ2n) is 14.3.